The summed E-state index contributed by atoms with van der Waals surface area (Å²) < 4.78 is 54.0. The van der Waals surface area contributed by atoms with Crippen LogP contribution in [0.4, 0.5) is 0 Å². The van der Waals surface area contributed by atoms with Crippen LogP contribution in [0.3, 0.4) is 0 Å². The lowest BCUT2D eigenvalue weighted by Crippen LogP contribution is -2.32. The number of hydrogen-bond donors (Lipinski definition) is 1. The molecule has 1 N–H and O–H groups in total. The fourth-order valence-corrected chi connectivity index (χ4v) is 5.55. The number of hydrogen-bond acceptors (Lipinski definition) is 5. The average molecular weight is 417 g/mol. The first-order valence-electron chi connectivity index (χ1n) is 8.56. The van der Waals surface area contributed by atoms with E-state index in [9.17, 15) is 16.8 Å². The lowest BCUT2D eigenvalue weighted by Gasteiger charge is -2.19. The number of aryl methyl sites for hydroxylation is 1. The summed E-state index contributed by atoms with van der Waals surface area (Å²) >= 11 is 0. The minimum Gasteiger partial charge on any atom is -0.264 e. The molecule has 28 heavy (non-hydrogen) atoms. The van der Waals surface area contributed by atoms with Gasteiger partial charge in [0.25, 0.3) is 0 Å². The van der Waals surface area contributed by atoms with Gasteiger partial charge >= 0.3 is 0 Å². The summed E-state index contributed by atoms with van der Waals surface area (Å²) in [6.45, 7) is 1.56. The second-order valence-corrected chi connectivity index (χ2v) is 10.2. The van der Waals surface area contributed by atoms with Gasteiger partial charge in [-0.1, -0.05) is 42.0 Å². The summed E-state index contributed by atoms with van der Waals surface area (Å²) in [4.78, 5) is 4.19. The van der Waals surface area contributed by atoms with E-state index in [1.54, 1.807) is 42.5 Å². The fourth-order valence-electron chi connectivity index (χ4n) is 2.73. The maximum atomic E-state index is 13.2. The van der Waals surface area contributed by atoms with Crippen LogP contribution in [0.1, 0.15) is 16.4 Å². The Morgan fingerprint density at radius 2 is 1.54 bits per heavy atom. The standard InChI is InChI=1S/C20H20N2O4S2/c1-16-9-11-18(12-10-16)27(23,24)20(17-6-5-13-21-14-17)15-22-28(25,26)19-7-3-2-4-8-19/h2-14,20,22H,15H2,1H3/t20-/m1/s1. The van der Waals surface area contributed by atoms with E-state index in [2.05, 4.69) is 9.71 Å². The summed E-state index contributed by atoms with van der Waals surface area (Å²) in [5.74, 6) is 0. The largest absolute Gasteiger partial charge is 0.264 e. The molecule has 1 heterocycles. The number of sulfonamides is 1. The zero-order valence-corrected chi connectivity index (χ0v) is 16.8. The molecule has 2 aromatic carbocycles. The van der Waals surface area contributed by atoms with Gasteiger partial charge in [0.2, 0.25) is 10.0 Å². The fraction of sp³-hybridized carbons (Fsp3) is 0.150. The quantitative estimate of drug-likeness (QED) is 0.639. The summed E-state index contributed by atoms with van der Waals surface area (Å²) in [5, 5.41) is -1.11. The molecule has 0 saturated heterocycles. The van der Waals surface area contributed by atoms with Crippen LogP contribution in [-0.2, 0) is 19.9 Å². The van der Waals surface area contributed by atoms with E-state index in [4.69, 9.17) is 0 Å². The summed E-state index contributed by atoms with van der Waals surface area (Å²) in [7, 11) is -7.69. The van der Waals surface area contributed by atoms with Crippen molar-refractivity contribution in [3.63, 3.8) is 0 Å². The maximum Gasteiger partial charge on any atom is 0.240 e. The first-order valence-corrected chi connectivity index (χ1v) is 11.6. The summed E-state index contributed by atoms with van der Waals surface area (Å²) in [6, 6.07) is 17.6. The van der Waals surface area contributed by atoms with Gasteiger partial charge in [-0.2, -0.15) is 0 Å². The van der Waals surface area contributed by atoms with Gasteiger partial charge in [-0.25, -0.2) is 21.6 Å². The number of nitrogens with zero attached hydrogens (tertiary/aromatic N) is 1. The van der Waals surface area contributed by atoms with Crippen molar-refractivity contribution in [2.45, 2.75) is 22.0 Å². The molecule has 0 radical (unpaired) electrons. The van der Waals surface area contributed by atoms with E-state index in [1.165, 1.54) is 36.7 Å². The van der Waals surface area contributed by atoms with E-state index >= 15 is 0 Å². The Labute approximate surface area is 165 Å². The van der Waals surface area contributed by atoms with Gasteiger partial charge in [0, 0.05) is 18.9 Å². The molecule has 0 aliphatic rings. The van der Waals surface area contributed by atoms with Crippen molar-refractivity contribution in [1.82, 2.24) is 9.71 Å². The first kappa shape index (κ1) is 20.2. The Morgan fingerprint density at radius 3 is 2.14 bits per heavy atom. The first-order chi connectivity index (χ1) is 13.3. The van der Waals surface area contributed by atoms with Crippen molar-refractivity contribution in [2.24, 2.45) is 0 Å². The highest BCUT2D eigenvalue weighted by atomic mass is 32.2. The average Bonchev–Trinajstić information content (AvgIpc) is 2.70. The predicted molar refractivity (Wildman–Crippen MR) is 107 cm³/mol. The minimum atomic E-state index is -3.85. The molecule has 0 aliphatic carbocycles. The Balaban J connectivity index is 1.96. The van der Waals surface area contributed by atoms with Crippen LogP contribution in [0.5, 0.6) is 0 Å². The normalized spacial score (nSPS) is 13.2. The minimum absolute atomic E-state index is 0.0765. The number of sulfone groups is 1. The van der Waals surface area contributed by atoms with Crippen LogP contribution in [0.15, 0.2) is 88.9 Å². The number of rotatable bonds is 7. The molecule has 0 fully saturated rings. The van der Waals surface area contributed by atoms with Crippen LogP contribution in [0.25, 0.3) is 0 Å². The smallest absolute Gasteiger partial charge is 0.240 e. The van der Waals surface area contributed by atoms with Crippen molar-refractivity contribution >= 4 is 19.9 Å². The van der Waals surface area contributed by atoms with E-state index in [0.29, 0.717) is 5.56 Å². The molecule has 0 saturated carbocycles. The van der Waals surface area contributed by atoms with Crippen molar-refractivity contribution in [2.75, 3.05) is 6.54 Å². The molecule has 6 nitrogen and oxygen atoms in total. The zero-order valence-electron chi connectivity index (χ0n) is 15.2. The van der Waals surface area contributed by atoms with E-state index in [0.717, 1.165) is 5.56 Å². The van der Waals surface area contributed by atoms with Gasteiger partial charge < -0.3 is 0 Å². The van der Waals surface area contributed by atoms with Gasteiger partial charge in [-0.15, -0.1) is 0 Å². The molecule has 3 aromatic rings. The van der Waals surface area contributed by atoms with Gasteiger partial charge in [0.1, 0.15) is 5.25 Å². The summed E-state index contributed by atoms with van der Waals surface area (Å²) in [6.07, 6.45) is 2.97. The zero-order chi connectivity index (χ0) is 20.2. The number of benzene rings is 2. The maximum absolute atomic E-state index is 13.2. The summed E-state index contributed by atoms with van der Waals surface area (Å²) in [5.41, 5.74) is 1.35. The monoisotopic (exact) mass is 416 g/mol. The van der Waals surface area contributed by atoms with Crippen molar-refractivity contribution in [1.29, 1.82) is 0 Å². The molecule has 3 rings (SSSR count). The molecular weight excluding hydrogens is 396 g/mol. The van der Waals surface area contributed by atoms with Crippen molar-refractivity contribution in [3.05, 3.63) is 90.3 Å². The molecule has 0 unspecified atom stereocenters. The number of pyridine rings is 1. The SMILES string of the molecule is Cc1ccc(S(=O)(=O)[C@H](CNS(=O)(=O)c2ccccc2)c2cccnc2)cc1. The highest BCUT2D eigenvalue weighted by molar-refractivity contribution is 7.92. The number of nitrogens with one attached hydrogen (secondary N) is 1. The van der Waals surface area contributed by atoms with E-state index in [-0.39, 0.29) is 16.3 Å². The molecule has 0 spiro atoms. The van der Waals surface area contributed by atoms with Gasteiger partial charge in [-0.3, -0.25) is 4.98 Å². The Hall–Kier alpha value is -2.55. The molecule has 0 aliphatic heterocycles. The van der Waals surface area contributed by atoms with Crippen LogP contribution >= 0.6 is 0 Å². The second kappa shape index (κ2) is 8.22. The Morgan fingerprint density at radius 1 is 0.857 bits per heavy atom. The third kappa shape index (κ3) is 4.46. The van der Waals surface area contributed by atoms with Crippen LogP contribution in [0, 0.1) is 6.92 Å². The van der Waals surface area contributed by atoms with Crippen LogP contribution < -0.4 is 4.72 Å². The van der Waals surface area contributed by atoms with E-state index < -0.39 is 25.1 Å². The van der Waals surface area contributed by atoms with Crippen LogP contribution in [0.2, 0.25) is 0 Å². The second-order valence-electron chi connectivity index (χ2n) is 6.30. The van der Waals surface area contributed by atoms with Crippen LogP contribution in [-0.4, -0.2) is 28.4 Å². The van der Waals surface area contributed by atoms with Crippen molar-refractivity contribution in [3.8, 4) is 0 Å². The highest BCUT2D eigenvalue weighted by Crippen LogP contribution is 2.28. The van der Waals surface area contributed by atoms with Gasteiger partial charge in [0.15, 0.2) is 9.84 Å². The highest BCUT2D eigenvalue weighted by Gasteiger charge is 2.31. The molecule has 146 valence electrons. The molecule has 0 amide bonds. The molecular formula is C20H20N2O4S2. The third-order valence-electron chi connectivity index (χ3n) is 4.29. The van der Waals surface area contributed by atoms with Gasteiger partial charge in [-0.05, 0) is 42.8 Å². The lowest BCUT2D eigenvalue weighted by molar-refractivity contribution is 0.568. The third-order valence-corrected chi connectivity index (χ3v) is 7.85. The lowest BCUT2D eigenvalue weighted by atomic mass is 10.2. The molecule has 1 atom stereocenters. The number of aromatic nitrogens is 1. The van der Waals surface area contributed by atoms with E-state index in [1.807, 2.05) is 6.92 Å². The molecule has 8 heteroatoms. The molecule has 1 aromatic heterocycles. The van der Waals surface area contributed by atoms with Crippen molar-refractivity contribution < 1.29 is 16.8 Å². The van der Waals surface area contributed by atoms with Gasteiger partial charge in [0.05, 0.1) is 9.79 Å². The Kier molecular flexibility index (Phi) is 5.93. The Bertz CT molecular complexity index is 1130. The topological polar surface area (TPSA) is 93.2 Å². The molecule has 0 bridgehead atoms. The predicted octanol–water partition coefficient (Wildman–Crippen LogP) is 2.88.